The Morgan fingerprint density at radius 1 is 1.23 bits per heavy atom. The number of nitrogens with one attached hydrogen (secondary N) is 1. The molecule has 1 saturated heterocycles. The summed E-state index contributed by atoms with van der Waals surface area (Å²) in [5.41, 5.74) is 0.359. The van der Waals surface area contributed by atoms with Crippen molar-refractivity contribution >= 4 is 16.1 Å². The number of hydrogen-bond acceptors (Lipinski definition) is 5. The third-order valence-corrected chi connectivity index (χ3v) is 5.65. The Labute approximate surface area is 130 Å². The number of rotatable bonds is 3. The van der Waals surface area contributed by atoms with Gasteiger partial charge in [-0.05, 0) is 27.7 Å². The maximum Gasteiger partial charge on any atom is 0.317 e. The lowest BCUT2D eigenvalue weighted by molar-refractivity contribution is 0.170. The minimum atomic E-state index is -3.63. The van der Waals surface area contributed by atoms with E-state index in [9.17, 15) is 13.2 Å². The number of aryl methyl sites for hydroxylation is 2. The van der Waals surface area contributed by atoms with E-state index < -0.39 is 10.0 Å². The molecule has 0 atom stereocenters. The quantitative estimate of drug-likeness (QED) is 0.881. The van der Waals surface area contributed by atoms with Crippen molar-refractivity contribution in [1.29, 1.82) is 0 Å². The molecule has 9 heteroatoms. The van der Waals surface area contributed by atoms with Gasteiger partial charge in [-0.15, -0.1) is 0 Å². The van der Waals surface area contributed by atoms with Crippen LogP contribution in [0.2, 0.25) is 0 Å². The van der Waals surface area contributed by atoms with Crippen molar-refractivity contribution in [3.63, 3.8) is 0 Å². The first-order valence-corrected chi connectivity index (χ1v) is 8.66. The Morgan fingerprint density at radius 3 is 2.27 bits per heavy atom. The molecule has 2 heterocycles. The predicted molar refractivity (Wildman–Crippen MR) is 80.0 cm³/mol. The molecule has 1 fully saturated rings. The zero-order valence-electron chi connectivity index (χ0n) is 13.3. The highest BCUT2D eigenvalue weighted by molar-refractivity contribution is 7.89. The van der Waals surface area contributed by atoms with E-state index >= 15 is 0 Å². The molecule has 8 nitrogen and oxygen atoms in total. The van der Waals surface area contributed by atoms with Crippen LogP contribution < -0.4 is 5.32 Å². The zero-order valence-corrected chi connectivity index (χ0v) is 14.1. The number of hydrogen-bond donors (Lipinski definition) is 1. The first-order valence-electron chi connectivity index (χ1n) is 7.22. The average Bonchev–Trinajstić information content (AvgIpc) is 2.78. The summed E-state index contributed by atoms with van der Waals surface area (Å²) in [5.74, 6) is 0.289. The van der Waals surface area contributed by atoms with E-state index in [0.717, 1.165) is 0 Å². The van der Waals surface area contributed by atoms with Gasteiger partial charge in [0.1, 0.15) is 10.6 Å². The Balaban J connectivity index is 2.07. The number of piperazine rings is 1. The molecule has 0 aromatic carbocycles. The fourth-order valence-corrected chi connectivity index (χ4v) is 4.16. The summed E-state index contributed by atoms with van der Waals surface area (Å²) in [5, 5.41) is 6.50. The van der Waals surface area contributed by atoms with Crippen LogP contribution in [0.5, 0.6) is 0 Å². The van der Waals surface area contributed by atoms with Gasteiger partial charge >= 0.3 is 6.03 Å². The van der Waals surface area contributed by atoms with Gasteiger partial charge in [0, 0.05) is 32.2 Å². The topological polar surface area (TPSA) is 95.8 Å². The monoisotopic (exact) mass is 330 g/mol. The molecular formula is C13H22N4O4S. The van der Waals surface area contributed by atoms with Crippen LogP contribution in [0.15, 0.2) is 9.42 Å². The number of nitrogens with zero attached hydrogens (tertiary/aromatic N) is 3. The molecular weight excluding hydrogens is 308 g/mol. The van der Waals surface area contributed by atoms with Crippen molar-refractivity contribution in [3.05, 3.63) is 11.5 Å². The third kappa shape index (κ3) is 3.25. The standard InChI is InChI=1S/C13H22N4O4S/c1-9(2)14-13(18)16-5-7-17(8-6-16)22(19,20)12-10(3)15-21-11(12)4/h9H,5-8H2,1-4H3,(H,14,18). The molecule has 0 saturated carbocycles. The van der Waals surface area contributed by atoms with E-state index in [0.29, 0.717) is 18.8 Å². The number of urea groups is 1. The molecule has 2 amide bonds. The summed E-state index contributed by atoms with van der Waals surface area (Å²) < 4.78 is 31.6. The zero-order chi connectivity index (χ0) is 16.5. The first kappa shape index (κ1) is 16.8. The lowest BCUT2D eigenvalue weighted by Crippen LogP contribution is -2.54. The van der Waals surface area contributed by atoms with Gasteiger partial charge in [-0.2, -0.15) is 4.31 Å². The molecule has 0 bridgehead atoms. The molecule has 1 N–H and O–H groups in total. The SMILES string of the molecule is Cc1noc(C)c1S(=O)(=O)N1CCN(C(=O)NC(C)C)CC1. The Morgan fingerprint density at radius 2 is 1.82 bits per heavy atom. The lowest BCUT2D eigenvalue weighted by Gasteiger charge is -2.34. The summed E-state index contributed by atoms with van der Waals surface area (Å²) in [6.07, 6.45) is 0. The summed E-state index contributed by atoms with van der Waals surface area (Å²) in [4.78, 5) is 13.7. The smallest absolute Gasteiger partial charge is 0.317 e. The van der Waals surface area contributed by atoms with E-state index in [4.69, 9.17) is 4.52 Å². The summed E-state index contributed by atoms with van der Waals surface area (Å²) >= 11 is 0. The second-order valence-electron chi connectivity index (χ2n) is 5.65. The van der Waals surface area contributed by atoms with Crippen molar-refractivity contribution in [2.24, 2.45) is 0 Å². The normalized spacial score (nSPS) is 17.0. The van der Waals surface area contributed by atoms with Gasteiger partial charge in [0.25, 0.3) is 0 Å². The molecule has 22 heavy (non-hydrogen) atoms. The van der Waals surface area contributed by atoms with Gasteiger partial charge < -0.3 is 14.7 Å². The van der Waals surface area contributed by atoms with Crippen molar-refractivity contribution in [2.75, 3.05) is 26.2 Å². The van der Waals surface area contributed by atoms with Gasteiger partial charge in [-0.3, -0.25) is 0 Å². The Hall–Kier alpha value is -1.61. The second-order valence-corrected chi connectivity index (χ2v) is 7.52. The molecule has 0 unspecified atom stereocenters. The van der Waals surface area contributed by atoms with Crippen LogP contribution in [0.3, 0.4) is 0 Å². The number of sulfonamides is 1. The third-order valence-electron chi connectivity index (χ3n) is 3.50. The van der Waals surface area contributed by atoms with Crippen molar-refractivity contribution in [3.8, 4) is 0 Å². The maximum absolute atomic E-state index is 12.7. The van der Waals surface area contributed by atoms with Crippen LogP contribution in [0, 0.1) is 13.8 Å². The second kappa shape index (κ2) is 6.25. The van der Waals surface area contributed by atoms with E-state index in [1.165, 1.54) is 4.31 Å². The van der Waals surface area contributed by atoms with Crippen molar-refractivity contribution < 1.29 is 17.7 Å². The highest BCUT2D eigenvalue weighted by Gasteiger charge is 2.34. The molecule has 1 aromatic heterocycles. The summed E-state index contributed by atoms with van der Waals surface area (Å²) in [6, 6.07) is -0.110. The number of carbonyl (C=O) groups is 1. The van der Waals surface area contributed by atoms with Gasteiger partial charge in [0.2, 0.25) is 10.0 Å². The highest BCUT2D eigenvalue weighted by atomic mass is 32.2. The molecule has 1 aliphatic rings. The minimum absolute atomic E-state index is 0.0524. The maximum atomic E-state index is 12.7. The van der Waals surface area contributed by atoms with E-state index in [2.05, 4.69) is 10.5 Å². The largest absolute Gasteiger partial charge is 0.360 e. The van der Waals surface area contributed by atoms with Gasteiger partial charge in [0.05, 0.1) is 0 Å². The number of amides is 2. The highest BCUT2D eigenvalue weighted by Crippen LogP contribution is 2.24. The van der Waals surface area contributed by atoms with E-state index in [-0.39, 0.29) is 35.8 Å². The van der Waals surface area contributed by atoms with Crippen LogP contribution >= 0.6 is 0 Å². The number of carbonyl (C=O) groups excluding carboxylic acids is 1. The molecule has 124 valence electrons. The minimum Gasteiger partial charge on any atom is -0.360 e. The fraction of sp³-hybridized carbons (Fsp3) is 0.692. The van der Waals surface area contributed by atoms with E-state index in [1.807, 2.05) is 13.8 Å². The lowest BCUT2D eigenvalue weighted by atomic mass is 10.3. The van der Waals surface area contributed by atoms with Gasteiger partial charge in [-0.1, -0.05) is 5.16 Å². The Kier molecular flexibility index (Phi) is 4.76. The fourth-order valence-electron chi connectivity index (χ4n) is 2.44. The van der Waals surface area contributed by atoms with Crippen molar-refractivity contribution in [1.82, 2.24) is 19.7 Å². The van der Waals surface area contributed by atoms with Crippen LogP contribution in [0.4, 0.5) is 4.79 Å². The molecule has 0 aliphatic carbocycles. The molecule has 2 rings (SSSR count). The summed E-state index contributed by atoms with van der Waals surface area (Å²) in [6.45, 7) is 8.21. The number of aromatic nitrogens is 1. The first-order chi connectivity index (χ1) is 10.2. The molecule has 0 radical (unpaired) electrons. The van der Waals surface area contributed by atoms with Crippen LogP contribution in [-0.4, -0.2) is 61.0 Å². The summed E-state index contributed by atoms with van der Waals surface area (Å²) in [7, 11) is -3.63. The Bertz CT molecular complexity index is 625. The van der Waals surface area contributed by atoms with Gasteiger partial charge in [0.15, 0.2) is 5.76 Å². The van der Waals surface area contributed by atoms with E-state index in [1.54, 1.807) is 18.7 Å². The molecule has 1 aliphatic heterocycles. The van der Waals surface area contributed by atoms with Crippen LogP contribution in [-0.2, 0) is 10.0 Å². The van der Waals surface area contributed by atoms with Gasteiger partial charge in [-0.25, -0.2) is 13.2 Å². The van der Waals surface area contributed by atoms with Crippen molar-refractivity contribution in [2.45, 2.75) is 38.6 Å². The van der Waals surface area contributed by atoms with Crippen LogP contribution in [0.25, 0.3) is 0 Å². The molecule has 0 spiro atoms. The van der Waals surface area contributed by atoms with Crippen LogP contribution in [0.1, 0.15) is 25.3 Å². The average molecular weight is 330 g/mol. The predicted octanol–water partition coefficient (Wildman–Crippen LogP) is 0.716. The molecule has 1 aromatic rings.